The smallest absolute Gasteiger partial charge is 0.181 e. The molecule has 0 aromatic heterocycles. The Bertz CT molecular complexity index is 705. The van der Waals surface area contributed by atoms with Gasteiger partial charge < -0.3 is 10.5 Å². The molecule has 3 N–H and O–H groups in total. The highest BCUT2D eigenvalue weighted by Crippen LogP contribution is 2.31. The summed E-state index contributed by atoms with van der Waals surface area (Å²) in [4.78, 5) is 12.1. The fourth-order valence-electron chi connectivity index (χ4n) is 2.48. The van der Waals surface area contributed by atoms with Crippen LogP contribution < -0.4 is 10.8 Å². The first-order valence-electron chi connectivity index (χ1n) is 6.77. The van der Waals surface area contributed by atoms with Crippen LogP contribution in [0.3, 0.4) is 0 Å². The normalized spacial score (nSPS) is 17.1. The molecule has 3 rings (SSSR count). The van der Waals surface area contributed by atoms with Gasteiger partial charge in [-0.25, -0.2) is 0 Å². The molecule has 0 aliphatic heterocycles. The molecule has 0 bridgehead atoms. The Morgan fingerprint density at radius 2 is 1.76 bits per heavy atom. The fourth-order valence-corrected chi connectivity index (χ4v) is 2.48. The van der Waals surface area contributed by atoms with E-state index in [1.807, 2.05) is 55.5 Å². The van der Waals surface area contributed by atoms with Gasteiger partial charge in [-0.15, -0.1) is 0 Å². The third-order valence-corrected chi connectivity index (χ3v) is 3.59. The molecule has 4 nitrogen and oxygen atoms in total. The molecule has 0 heterocycles. The molecule has 0 spiro atoms. The summed E-state index contributed by atoms with van der Waals surface area (Å²) in [6, 6.07) is 14.8. The molecule has 4 heteroatoms. The van der Waals surface area contributed by atoms with Crippen LogP contribution >= 0.6 is 0 Å². The van der Waals surface area contributed by atoms with E-state index in [-0.39, 0.29) is 5.78 Å². The summed E-state index contributed by atoms with van der Waals surface area (Å²) >= 11 is 0. The van der Waals surface area contributed by atoms with Gasteiger partial charge in [0.1, 0.15) is 6.04 Å². The average Bonchev–Trinajstić information content (AvgIpc) is 2.50. The standard InChI is InChI=1S/C17H16N2O2/c1-11-6-8-12(9-7-11)18-15-10-16(20)17(19-21)14-5-3-2-4-13(14)15/h2-10,17-19,21H,1H3/t17-/m0/s1. The predicted octanol–water partition coefficient (Wildman–Crippen LogP) is 3.05. The van der Waals surface area contributed by atoms with Crippen molar-refractivity contribution in [3.8, 4) is 0 Å². The van der Waals surface area contributed by atoms with E-state index in [9.17, 15) is 10.0 Å². The number of carbonyl (C=O) groups excluding carboxylic acids is 1. The molecule has 0 saturated carbocycles. The van der Waals surface area contributed by atoms with Crippen molar-refractivity contribution in [3.05, 3.63) is 71.3 Å². The number of aryl methyl sites for hydroxylation is 1. The largest absolute Gasteiger partial charge is 0.355 e. The van der Waals surface area contributed by atoms with Gasteiger partial charge in [-0.3, -0.25) is 4.79 Å². The van der Waals surface area contributed by atoms with E-state index < -0.39 is 6.04 Å². The van der Waals surface area contributed by atoms with Gasteiger partial charge >= 0.3 is 0 Å². The lowest BCUT2D eigenvalue weighted by Gasteiger charge is -2.24. The van der Waals surface area contributed by atoms with Crippen LogP contribution in [0.25, 0.3) is 5.70 Å². The summed E-state index contributed by atoms with van der Waals surface area (Å²) in [6.07, 6.45) is 1.52. The number of carbonyl (C=O) groups is 1. The molecular formula is C17H16N2O2. The first kappa shape index (κ1) is 13.5. The maximum Gasteiger partial charge on any atom is 0.181 e. The Morgan fingerprint density at radius 3 is 2.48 bits per heavy atom. The van der Waals surface area contributed by atoms with E-state index in [1.165, 1.54) is 11.6 Å². The highest BCUT2D eigenvalue weighted by molar-refractivity contribution is 6.06. The van der Waals surface area contributed by atoms with E-state index in [0.717, 1.165) is 22.5 Å². The molecule has 0 unspecified atom stereocenters. The van der Waals surface area contributed by atoms with Crippen molar-refractivity contribution in [3.63, 3.8) is 0 Å². The highest BCUT2D eigenvalue weighted by atomic mass is 16.5. The van der Waals surface area contributed by atoms with Gasteiger partial charge in [0.2, 0.25) is 0 Å². The van der Waals surface area contributed by atoms with Crippen LogP contribution in [0.4, 0.5) is 5.69 Å². The Hall–Kier alpha value is -2.43. The van der Waals surface area contributed by atoms with Crippen molar-refractivity contribution in [1.82, 2.24) is 5.48 Å². The van der Waals surface area contributed by atoms with Gasteiger partial charge in [-0.05, 0) is 24.6 Å². The summed E-state index contributed by atoms with van der Waals surface area (Å²) in [7, 11) is 0. The molecule has 2 aromatic carbocycles. The van der Waals surface area contributed by atoms with Gasteiger partial charge in [0.05, 0.1) is 0 Å². The Labute approximate surface area is 123 Å². The summed E-state index contributed by atoms with van der Waals surface area (Å²) in [5.74, 6) is -0.175. The Balaban J connectivity index is 1.98. The Morgan fingerprint density at radius 1 is 1.05 bits per heavy atom. The number of fused-ring (bicyclic) bond motifs is 1. The van der Waals surface area contributed by atoms with Crippen molar-refractivity contribution in [2.24, 2.45) is 0 Å². The molecule has 0 fully saturated rings. The van der Waals surface area contributed by atoms with Crippen molar-refractivity contribution in [1.29, 1.82) is 0 Å². The van der Waals surface area contributed by atoms with Gasteiger partial charge in [-0.2, -0.15) is 5.48 Å². The van der Waals surface area contributed by atoms with Crippen LogP contribution in [0.5, 0.6) is 0 Å². The number of hydroxylamine groups is 1. The molecule has 0 saturated heterocycles. The van der Waals surface area contributed by atoms with Crippen LogP contribution in [-0.4, -0.2) is 11.0 Å². The minimum atomic E-state index is -0.704. The lowest BCUT2D eigenvalue weighted by molar-refractivity contribution is -0.119. The Kier molecular flexibility index (Phi) is 3.56. The molecular weight excluding hydrogens is 264 g/mol. The third-order valence-electron chi connectivity index (χ3n) is 3.59. The summed E-state index contributed by atoms with van der Waals surface area (Å²) < 4.78 is 0. The lowest BCUT2D eigenvalue weighted by atomic mass is 9.90. The fraction of sp³-hybridized carbons (Fsp3) is 0.118. The lowest BCUT2D eigenvalue weighted by Crippen LogP contribution is -2.29. The van der Waals surface area contributed by atoms with Crippen molar-refractivity contribution >= 4 is 17.2 Å². The van der Waals surface area contributed by atoms with Crippen LogP contribution in [0.1, 0.15) is 22.7 Å². The maximum atomic E-state index is 12.1. The van der Waals surface area contributed by atoms with Crippen LogP contribution in [0.2, 0.25) is 0 Å². The van der Waals surface area contributed by atoms with Crippen molar-refractivity contribution in [2.75, 3.05) is 5.32 Å². The molecule has 2 aromatic rings. The quantitative estimate of drug-likeness (QED) is 0.756. The second-order valence-corrected chi connectivity index (χ2v) is 5.10. The van der Waals surface area contributed by atoms with Gasteiger partial charge in [-0.1, -0.05) is 42.0 Å². The van der Waals surface area contributed by atoms with Gasteiger partial charge in [0.25, 0.3) is 0 Å². The first-order valence-corrected chi connectivity index (χ1v) is 6.77. The summed E-state index contributed by atoms with van der Waals surface area (Å²) in [5.41, 5.74) is 6.59. The molecule has 21 heavy (non-hydrogen) atoms. The van der Waals surface area contributed by atoms with Crippen molar-refractivity contribution in [2.45, 2.75) is 13.0 Å². The van der Waals surface area contributed by atoms with E-state index in [1.54, 1.807) is 0 Å². The van der Waals surface area contributed by atoms with Crippen LogP contribution in [0.15, 0.2) is 54.6 Å². The van der Waals surface area contributed by atoms with E-state index in [0.29, 0.717) is 0 Å². The monoisotopic (exact) mass is 280 g/mol. The first-order chi connectivity index (χ1) is 10.2. The molecule has 1 aliphatic carbocycles. The van der Waals surface area contributed by atoms with E-state index in [4.69, 9.17) is 0 Å². The minimum Gasteiger partial charge on any atom is -0.355 e. The average molecular weight is 280 g/mol. The molecule has 1 aliphatic rings. The number of hydrogen-bond acceptors (Lipinski definition) is 4. The third kappa shape index (κ3) is 2.59. The predicted molar refractivity (Wildman–Crippen MR) is 81.9 cm³/mol. The van der Waals surface area contributed by atoms with Crippen LogP contribution in [0, 0.1) is 6.92 Å². The SMILES string of the molecule is Cc1ccc(NC2=CC(=O)[C@@H](NO)c3ccccc32)cc1. The zero-order valence-corrected chi connectivity index (χ0v) is 11.6. The second kappa shape index (κ2) is 5.52. The van der Waals surface area contributed by atoms with Crippen molar-refractivity contribution < 1.29 is 10.0 Å². The molecule has 1 atom stereocenters. The number of hydrogen-bond donors (Lipinski definition) is 3. The second-order valence-electron chi connectivity index (χ2n) is 5.10. The van der Waals surface area contributed by atoms with Gasteiger partial charge in [0, 0.05) is 23.0 Å². The number of rotatable bonds is 3. The topological polar surface area (TPSA) is 61.4 Å². The van der Waals surface area contributed by atoms with Gasteiger partial charge in [0.15, 0.2) is 5.78 Å². The summed E-state index contributed by atoms with van der Waals surface area (Å²) in [5, 5.41) is 12.5. The van der Waals surface area contributed by atoms with E-state index in [2.05, 4.69) is 10.8 Å². The minimum absolute atomic E-state index is 0.175. The highest BCUT2D eigenvalue weighted by Gasteiger charge is 2.27. The number of benzene rings is 2. The molecule has 0 amide bonds. The number of nitrogens with one attached hydrogen (secondary N) is 2. The zero-order chi connectivity index (χ0) is 14.8. The number of anilines is 1. The van der Waals surface area contributed by atoms with Crippen LogP contribution in [-0.2, 0) is 4.79 Å². The number of ketones is 1. The maximum absolute atomic E-state index is 12.1. The summed E-state index contributed by atoms with van der Waals surface area (Å²) in [6.45, 7) is 2.03. The van der Waals surface area contributed by atoms with E-state index >= 15 is 0 Å². The zero-order valence-electron chi connectivity index (χ0n) is 11.6. The molecule has 106 valence electrons. The molecule has 0 radical (unpaired) electrons.